The van der Waals surface area contributed by atoms with E-state index in [0.717, 1.165) is 23.5 Å². The Kier molecular flexibility index (Phi) is 8.36. The Morgan fingerprint density at radius 3 is 2.44 bits per heavy atom. The van der Waals surface area contributed by atoms with Crippen molar-refractivity contribution in [1.82, 2.24) is 10.3 Å². The topological polar surface area (TPSA) is 83.6 Å². The number of aryl methyl sites for hydroxylation is 1. The van der Waals surface area contributed by atoms with Gasteiger partial charge in [-0.25, -0.2) is 13.4 Å². The van der Waals surface area contributed by atoms with Crippen molar-refractivity contribution in [2.24, 2.45) is 0 Å². The normalized spacial score (nSPS) is 18.3. The largest absolute Gasteiger partial charge is 0.493 e. The number of sulfonamides is 1. The Bertz CT molecular complexity index is 1260. The van der Waals surface area contributed by atoms with Crippen LogP contribution in [0.3, 0.4) is 0 Å². The summed E-state index contributed by atoms with van der Waals surface area (Å²) >= 11 is 8.04. The fourth-order valence-corrected chi connectivity index (χ4v) is 6.43. The summed E-state index contributed by atoms with van der Waals surface area (Å²) in [4.78, 5) is 8.91. The summed E-state index contributed by atoms with van der Waals surface area (Å²) in [6.45, 7) is 7.78. The standard InChI is InChI=1S/C23H27ClN4O3S2.ClH/c1-14-12-28(13-15(2)25-14)22-10-7-19(31-4)23(26-22)27-33(29,30)21-9-6-17(11-18(21)24)20-8-5-16(3)32-20;/h5-11,14-15,25H,12-13H2,1-4H3,(H,26,27);1H/t14-,15+;. The molecule has 0 saturated carbocycles. The molecular formula is C23H28Cl2N4O3S2. The molecule has 1 fully saturated rings. The number of nitrogens with one attached hydrogen (secondary N) is 2. The summed E-state index contributed by atoms with van der Waals surface area (Å²) < 4.78 is 34.4. The van der Waals surface area contributed by atoms with Gasteiger partial charge in [0.05, 0.1) is 12.1 Å². The molecule has 7 nitrogen and oxygen atoms in total. The van der Waals surface area contributed by atoms with Gasteiger partial charge in [-0.3, -0.25) is 4.72 Å². The summed E-state index contributed by atoms with van der Waals surface area (Å²) in [7, 11) is -2.51. The lowest BCUT2D eigenvalue weighted by atomic mass is 10.1. The zero-order chi connectivity index (χ0) is 23.8. The van der Waals surface area contributed by atoms with Crippen molar-refractivity contribution in [2.45, 2.75) is 37.8 Å². The fourth-order valence-electron chi connectivity index (χ4n) is 4.01. The van der Waals surface area contributed by atoms with Crippen LogP contribution in [0.1, 0.15) is 18.7 Å². The summed E-state index contributed by atoms with van der Waals surface area (Å²) in [5.41, 5.74) is 0.872. The lowest BCUT2D eigenvalue weighted by Gasteiger charge is -2.37. The van der Waals surface area contributed by atoms with Crippen LogP contribution < -0.4 is 19.7 Å². The minimum atomic E-state index is -3.99. The van der Waals surface area contributed by atoms with Gasteiger partial charge in [0.1, 0.15) is 10.7 Å². The number of rotatable bonds is 6. The van der Waals surface area contributed by atoms with E-state index in [9.17, 15) is 8.42 Å². The van der Waals surface area contributed by atoms with Gasteiger partial charge in [-0.15, -0.1) is 23.7 Å². The highest BCUT2D eigenvalue weighted by Crippen LogP contribution is 2.34. The second kappa shape index (κ2) is 10.7. The Labute approximate surface area is 216 Å². The van der Waals surface area contributed by atoms with Crippen LogP contribution in [0.5, 0.6) is 5.75 Å². The third-order valence-electron chi connectivity index (χ3n) is 5.42. The quantitative estimate of drug-likeness (QED) is 0.445. The molecule has 11 heteroatoms. The van der Waals surface area contributed by atoms with Gasteiger partial charge in [0.25, 0.3) is 10.0 Å². The smallest absolute Gasteiger partial charge is 0.264 e. The number of thiophene rings is 1. The maximum atomic E-state index is 13.2. The van der Waals surface area contributed by atoms with Crippen molar-refractivity contribution in [2.75, 3.05) is 29.8 Å². The maximum absolute atomic E-state index is 13.2. The van der Waals surface area contributed by atoms with Crippen LogP contribution in [0, 0.1) is 6.92 Å². The number of aromatic nitrogens is 1. The Hall–Kier alpha value is -2.04. The Balaban J connectivity index is 0.00000324. The molecule has 3 aromatic rings. The van der Waals surface area contributed by atoms with Gasteiger partial charge in [-0.1, -0.05) is 17.7 Å². The van der Waals surface area contributed by atoms with Crippen LogP contribution in [0.4, 0.5) is 11.6 Å². The summed E-state index contributed by atoms with van der Waals surface area (Å²) in [5, 5.41) is 3.62. The monoisotopic (exact) mass is 542 g/mol. The van der Waals surface area contributed by atoms with Crippen LogP contribution in [0.15, 0.2) is 47.4 Å². The van der Waals surface area contributed by atoms with E-state index in [4.69, 9.17) is 16.3 Å². The van der Waals surface area contributed by atoms with E-state index >= 15 is 0 Å². The minimum absolute atomic E-state index is 0. The first-order valence-electron chi connectivity index (χ1n) is 10.6. The van der Waals surface area contributed by atoms with E-state index in [0.29, 0.717) is 23.7 Å². The SMILES string of the molecule is COc1ccc(N2C[C@@H](C)N[C@@H](C)C2)nc1NS(=O)(=O)c1ccc(-c2ccc(C)s2)cc1Cl.Cl. The van der Waals surface area contributed by atoms with E-state index in [-0.39, 0.29) is 28.1 Å². The average Bonchev–Trinajstić information content (AvgIpc) is 3.19. The average molecular weight is 544 g/mol. The Morgan fingerprint density at radius 2 is 1.85 bits per heavy atom. The van der Waals surface area contributed by atoms with Crippen LogP contribution >= 0.6 is 35.3 Å². The Morgan fingerprint density at radius 1 is 1.15 bits per heavy atom. The van der Waals surface area contributed by atoms with Crippen molar-refractivity contribution in [1.29, 1.82) is 0 Å². The molecule has 184 valence electrons. The van der Waals surface area contributed by atoms with Gasteiger partial charge in [0, 0.05) is 34.9 Å². The maximum Gasteiger partial charge on any atom is 0.264 e. The van der Waals surface area contributed by atoms with Gasteiger partial charge in [0.15, 0.2) is 11.6 Å². The van der Waals surface area contributed by atoms with Crippen LogP contribution in [-0.2, 0) is 10.0 Å². The predicted molar refractivity (Wildman–Crippen MR) is 143 cm³/mol. The number of hydrogen-bond donors (Lipinski definition) is 2. The predicted octanol–water partition coefficient (Wildman–Crippen LogP) is 5.19. The van der Waals surface area contributed by atoms with Gasteiger partial charge in [0.2, 0.25) is 0 Å². The first kappa shape index (κ1) is 26.6. The molecule has 0 spiro atoms. The molecule has 1 aliphatic rings. The zero-order valence-corrected chi connectivity index (χ0v) is 22.5. The fraction of sp³-hybridized carbons (Fsp3) is 0.348. The van der Waals surface area contributed by atoms with Crippen molar-refractivity contribution in [3.05, 3.63) is 52.4 Å². The number of ether oxygens (including phenoxy) is 1. The third-order valence-corrected chi connectivity index (χ3v) is 8.29. The van der Waals surface area contributed by atoms with E-state index in [1.54, 1.807) is 29.5 Å². The number of nitrogens with zero attached hydrogens (tertiary/aromatic N) is 2. The minimum Gasteiger partial charge on any atom is -0.493 e. The first-order chi connectivity index (χ1) is 15.7. The van der Waals surface area contributed by atoms with Gasteiger partial charge in [-0.05, 0) is 62.7 Å². The highest BCUT2D eigenvalue weighted by molar-refractivity contribution is 7.92. The molecule has 2 N–H and O–H groups in total. The molecule has 1 saturated heterocycles. The van der Waals surface area contributed by atoms with Crippen molar-refractivity contribution in [3.63, 3.8) is 0 Å². The number of hydrogen-bond acceptors (Lipinski definition) is 7. The van der Waals surface area contributed by atoms with Gasteiger partial charge < -0.3 is 15.0 Å². The lowest BCUT2D eigenvalue weighted by molar-refractivity contribution is 0.403. The van der Waals surface area contributed by atoms with Crippen molar-refractivity contribution >= 4 is 57.0 Å². The van der Waals surface area contributed by atoms with E-state index in [1.807, 2.05) is 25.1 Å². The van der Waals surface area contributed by atoms with Crippen LogP contribution in [-0.4, -0.2) is 45.7 Å². The molecule has 1 aliphatic heterocycles. The number of pyridine rings is 1. The summed E-state index contributed by atoms with van der Waals surface area (Å²) in [6.07, 6.45) is 0. The van der Waals surface area contributed by atoms with E-state index < -0.39 is 10.0 Å². The number of benzene rings is 1. The molecule has 2 atom stereocenters. The molecular weight excluding hydrogens is 515 g/mol. The molecule has 3 heterocycles. The summed E-state index contributed by atoms with van der Waals surface area (Å²) in [6, 6.07) is 13.1. The molecule has 2 aromatic heterocycles. The van der Waals surface area contributed by atoms with Gasteiger partial charge >= 0.3 is 0 Å². The second-order valence-electron chi connectivity index (χ2n) is 8.26. The molecule has 0 bridgehead atoms. The molecule has 34 heavy (non-hydrogen) atoms. The number of methoxy groups -OCH3 is 1. The van der Waals surface area contributed by atoms with E-state index in [2.05, 4.69) is 33.8 Å². The number of halogens is 2. The molecule has 4 rings (SSSR count). The highest BCUT2D eigenvalue weighted by Gasteiger charge is 2.25. The first-order valence-corrected chi connectivity index (χ1v) is 13.3. The number of anilines is 2. The summed E-state index contributed by atoms with van der Waals surface area (Å²) in [5.74, 6) is 1.14. The second-order valence-corrected chi connectivity index (χ2v) is 11.6. The molecule has 1 aromatic carbocycles. The zero-order valence-electron chi connectivity index (χ0n) is 19.3. The number of piperazine rings is 1. The van der Waals surface area contributed by atoms with Crippen molar-refractivity contribution < 1.29 is 13.2 Å². The molecule has 0 unspecified atom stereocenters. The van der Waals surface area contributed by atoms with Crippen LogP contribution in [0.25, 0.3) is 10.4 Å². The molecule has 0 aliphatic carbocycles. The lowest BCUT2D eigenvalue weighted by Crippen LogP contribution is -2.54. The highest BCUT2D eigenvalue weighted by atomic mass is 35.5. The van der Waals surface area contributed by atoms with Gasteiger partial charge in [-0.2, -0.15) is 0 Å². The molecule has 0 amide bonds. The van der Waals surface area contributed by atoms with E-state index in [1.165, 1.54) is 18.1 Å². The van der Waals surface area contributed by atoms with Crippen molar-refractivity contribution in [3.8, 4) is 16.2 Å². The third kappa shape index (κ3) is 5.78. The van der Waals surface area contributed by atoms with Crippen LogP contribution in [0.2, 0.25) is 5.02 Å². The molecule has 0 radical (unpaired) electrons.